The maximum absolute atomic E-state index is 12.2. The summed E-state index contributed by atoms with van der Waals surface area (Å²) in [6.07, 6.45) is 3.04. The van der Waals surface area contributed by atoms with E-state index in [-0.39, 0.29) is 12.0 Å². The van der Waals surface area contributed by atoms with Crippen LogP contribution in [0.3, 0.4) is 0 Å². The van der Waals surface area contributed by atoms with E-state index in [1.165, 1.54) is 0 Å². The first-order valence-corrected chi connectivity index (χ1v) is 8.25. The van der Waals surface area contributed by atoms with Crippen molar-refractivity contribution in [2.75, 3.05) is 39.4 Å². The summed E-state index contributed by atoms with van der Waals surface area (Å²) in [4.78, 5) is 27.2. The molecule has 1 saturated heterocycles. The molecule has 0 aromatic heterocycles. The van der Waals surface area contributed by atoms with Crippen LogP contribution in [0, 0.1) is 0 Å². The second-order valence-corrected chi connectivity index (χ2v) is 5.35. The quantitative estimate of drug-likeness (QED) is 0.777. The molecule has 6 heteroatoms. The summed E-state index contributed by atoms with van der Waals surface area (Å²) < 4.78 is 10.4. The van der Waals surface area contributed by atoms with Crippen LogP contribution in [0.4, 0.5) is 4.79 Å². The van der Waals surface area contributed by atoms with Crippen LogP contribution in [-0.4, -0.2) is 61.2 Å². The summed E-state index contributed by atoms with van der Waals surface area (Å²) in [7, 11) is 0. The maximum atomic E-state index is 12.2. The Morgan fingerprint density at radius 3 is 2.21 bits per heavy atom. The fraction of sp³-hybridized carbons (Fsp3) is 0.444. The van der Waals surface area contributed by atoms with E-state index >= 15 is 0 Å². The first kappa shape index (κ1) is 17.8. The van der Waals surface area contributed by atoms with Gasteiger partial charge in [0.2, 0.25) is 5.91 Å². The molecule has 1 heterocycles. The number of rotatable bonds is 5. The van der Waals surface area contributed by atoms with Gasteiger partial charge in [-0.15, -0.1) is 0 Å². The van der Waals surface area contributed by atoms with Gasteiger partial charge in [0, 0.05) is 32.3 Å². The Morgan fingerprint density at radius 1 is 1.00 bits per heavy atom. The van der Waals surface area contributed by atoms with Crippen molar-refractivity contribution < 1.29 is 19.1 Å². The largest absolute Gasteiger partial charge is 0.494 e. The lowest BCUT2D eigenvalue weighted by atomic mass is 10.2. The van der Waals surface area contributed by atoms with Gasteiger partial charge in [-0.25, -0.2) is 4.79 Å². The molecule has 1 aliphatic rings. The van der Waals surface area contributed by atoms with Crippen molar-refractivity contribution in [3.8, 4) is 5.75 Å². The van der Waals surface area contributed by atoms with Crippen LogP contribution in [0.25, 0.3) is 6.08 Å². The normalized spacial score (nSPS) is 14.8. The van der Waals surface area contributed by atoms with Crippen LogP contribution < -0.4 is 4.74 Å². The average Bonchev–Trinajstić information content (AvgIpc) is 2.61. The molecule has 0 bridgehead atoms. The third-order valence-electron chi connectivity index (χ3n) is 3.73. The van der Waals surface area contributed by atoms with E-state index in [9.17, 15) is 9.59 Å². The van der Waals surface area contributed by atoms with Crippen LogP contribution in [0.1, 0.15) is 19.4 Å². The maximum Gasteiger partial charge on any atom is 0.409 e. The number of benzene rings is 1. The van der Waals surface area contributed by atoms with Crippen molar-refractivity contribution in [2.24, 2.45) is 0 Å². The molecule has 1 aliphatic heterocycles. The highest BCUT2D eigenvalue weighted by atomic mass is 16.6. The molecule has 0 spiro atoms. The highest BCUT2D eigenvalue weighted by Gasteiger charge is 2.23. The van der Waals surface area contributed by atoms with Gasteiger partial charge in [-0.1, -0.05) is 12.1 Å². The van der Waals surface area contributed by atoms with Gasteiger partial charge < -0.3 is 19.3 Å². The van der Waals surface area contributed by atoms with Gasteiger partial charge in [0.25, 0.3) is 0 Å². The average molecular weight is 332 g/mol. The van der Waals surface area contributed by atoms with Crippen LogP contribution in [-0.2, 0) is 9.53 Å². The van der Waals surface area contributed by atoms with Crippen molar-refractivity contribution in [2.45, 2.75) is 13.8 Å². The summed E-state index contributed by atoms with van der Waals surface area (Å²) in [5.74, 6) is 0.767. The number of hydrogen-bond donors (Lipinski definition) is 0. The first-order chi connectivity index (χ1) is 11.6. The van der Waals surface area contributed by atoms with Crippen LogP contribution in [0.5, 0.6) is 5.75 Å². The van der Waals surface area contributed by atoms with Gasteiger partial charge in [-0.2, -0.15) is 0 Å². The monoisotopic (exact) mass is 332 g/mol. The predicted molar refractivity (Wildman–Crippen MR) is 91.8 cm³/mol. The van der Waals surface area contributed by atoms with Gasteiger partial charge >= 0.3 is 6.09 Å². The van der Waals surface area contributed by atoms with Crippen LogP contribution in [0.2, 0.25) is 0 Å². The molecule has 24 heavy (non-hydrogen) atoms. The third-order valence-corrected chi connectivity index (χ3v) is 3.73. The summed E-state index contributed by atoms with van der Waals surface area (Å²) in [6.45, 7) is 6.76. The molecule has 6 nitrogen and oxygen atoms in total. The number of amides is 2. The van der Waals surface area contributed by atoms with Crippen molar-refractivity contribution in [1.29, 1.82) is 0 Å². The van der Waals surface area contributed by atoms with Gasteiger partial charge in [0.1, 0.15) is 5.75 Å². The molecule has 0 atom stereocenters. The number of nitrogens with zero attached hydrogens (tertiary/aromatic N) is 2. The second-order valence-electron chi connectivity index (χ2n) is 5.35. The molecule has 2 rings (SSSR count). The summed E-state index contributed by atoms with van der Waals surface area (Å²) in [6, 6.07) is 7.58. The van der Waals surface area contributed by atoms with Crippen LogP contribution in [0.15, 0.2) is 30.3 Å². The zero-order chi connectivity index (χ0) is 17.4. The number of hydrogen-bond acceptors (Lipinski definition) is 4. The molecule has 1 aromatic carbocycles. The highest BCUT2D eigenvalue weighted by molar-refractivity contribution is 5.92. The van der Waals surface area contributed by atoms with Gasteiger partial charge in [0.05, 0.1) is 13.2 Å². The zero-order valence-electron chi connectivity index (χ0n) is 14.2. The minimum atomic E-state index is -0.311. The Bertz CT molecular complexity index is 575. The van der Waals surface area contributed by atoms with E-state index in [0.29, 0.717) is 39.4 Å². The predicted octanol–water partition coefficient (Wildman–Crippen LogP) is 2.40. The topological polar surface area (TPSA) is 59.1 Å². The zero-order valence-corrected chi connectivity index (χ0v) is 14.2. The molecule has 0 N–H and O–H groups in total. The second kappa shape index (κ2) is 8.96. The van der Waals surface area contributed by atoms with E-state index in [4.69, 9.17) is 9.47 Å². The molecular weight excluding hydrogens is 308 g/mol. The Balaban J connectivity index is 1.83. The number of ether oxygens (including phenoxy) is 2. The van der Waals surface area contributed by atoms with E-state index < -0.39 is 0 Å². The minimum Gasteiger partial charge on any atom is -0.494 e. The lowest BCUT2D eigenvalue weighted by molar-refractivity contribution is -0.127. The van der Waals surface area contributed by atoms with Gasteiger partial charge in [-0.05, 0) is 37.6 Å². The molecule has 0 unspecified atom stereocenters. The molecule has 1 fully saturated rings. The smallest absolute Gasteiger partial charge is 0.409 e. The van der Waals surface area contributed by atoms with Crippen molar-refractivity contribution >= 4 is 18.1 Å². The Labute approximate surface area is 142 Å². The van der Waals surface area contributed by atoms with E-state index in [2.05, 4.69) is 0 Å². The minimum absolute atomic E-state index is 0.0487. The highest BCUT2D eigenvalue weighted by Crippen LogP contribution is 2.13. The lowest BCUT2D eigenvalue weighted by Gasteiger charge is -2.33. The SMILES string of the molecule is CCOC(=O)N1CCN(C(=O)C=Cc2ccc(OCC)cc2)CC1. The summed E-state index contributed by atoms with van der Waals surface area (Å²) >= 11 is 0. The lowest BCUT2D eigenvalue weighted by Crippen LogP contribution is -2.50. The third kappa shape index (κ3) is 5.01. The standard InChI is InChI=1S/C18H24N2O4/c1-3-23-16-8-5-15(6-9-16)7-10-17(21)19-11-13-20(14-12-19)18(22)24-4-2/h5-10H,3-4,11-14H2,1-2H3. The van der Waals surface area contributed by atoms with Crippen molar-refractivity contribution in [3.63, 3.8) is 0 Å². The van der Waals surface area contributed by atoms with Crippen LogP contribution >= 0.6 is 0 Å². The molecular formula is C18H24N2O4. The van der Waals surface area contributed by atoms with Crippen molar-refractivity contribution in [1.82, 2.24) is 9.80 Å². The van der Waals surface area contributed by atoms with E-state index in [1.807, 2.05) is 31.2 Å². The first-order valence-electron chi connectivity index (χ1n) is 8.25. The summed E-state index contributed by atoms with van der Waals surface area (Å²) in [5, 5.41) is 0. The molecule has 1 aromatic rings. The van der Waals surface area contributed by atoms with Crippen molar-refractivity contribution in [3.05, 3.63) is 35.9 Å². The Kier molecular flexibility index (Phi) is 6.66. The molecule has 0 aliphatic carbocycles. The fourth-order valence-corrected chi connectivity index (χ4v) is 2.44. The molecule has 0 saturated carbocycles. The number of carbonyl (C=O) groups excluding carboxylic acids is 2. The summed E-state index contributed by atoms with van der Waals surface area (Å²) in [5.41, 5.74) is 0.942. The molecule has 130 valence electrons. The van der Waals surface area contributed by atoms with Gasteiger partial charge in [-0.3, -0.25) is 4.79 Å². The van der Waals surface area contributed by atoms with Gasteiger partial charge in [0.15, 0.2) is 0 Å². The number of piperazine rings is 1. The van der Waals surface area contributed by atoms with E-state index in [0.717, 1.165) is 11.3 Å². The number of carbonyl (C=O) groups is 2. The Hall–Kier alpha value is -2.50. The molecule has 2 amide bonds. The van der Waals surface area contributed by atoms with E-state index in [1.54, 1.807) is 28.9 Å². The molecule has 0 radical (unpaired) electrons. The fourth-order valence-electron chi connectivity index (χ4n) is 2.44. The Morgan fingerprint density at radius 2 is 1.62 bits per heavy atom.